The zero-order chi connectivity index (χ0) is 20.6. The number of nitrogens with zero attached hydrogens (tertiary/aromatic N) is 1. The number of ketones is 1. The van der Waals surface area contributed by atoms with E-state index < -0.39 is 0 Å². The highest BCUT2D eigenvalue weighted by Gasteiger charge is 2.26. The van der Waals surface area contributed by atoms with Crippen LogP contribution in [0.25, 0.3) is 0 Å². The van der Waals surface area contributed by atoms with Gasteiger partial charge in [-0.2, -0.15) is 0 Å². The molecule has 1 fully saturated rings. The predicted octanol–water partition coefficient (Wildman–Crippen LogP) is 4.00. The van der Waals surface area contributed by atoms with Crippen molar-refractivity contribution < 1.29 is 19.0 Å². The van der Waals surface area contributed by atoms with Crippen molar-refractivity contribution in [2.75, 3.05) is 46.1 Å². The molecule has 0 amide bonds. The van der Waals surface area contributed by atoms with Crippen LogP contribution in [0.5, 0.6) is 11.5 Å². The molecule has 2 aliphatic heterocycles. The number of hydrogen-bond donors (Lipinski definition) is 0. The number of carbonyl (C=O) groups excluding carboxylic acids is 1. The molecule has 0 aromatic heterocycles. The lowest BCUT2D eigenvalue weighted by Crippen LogP contribution is -2.37. The number of fused-ring (bicyclic) bond motifs is 1. The molecular formula is C25H31NO4. The minimum absolute atomic E-state index is 0.103. The second-order valence-electron chi connectivity index (χ2n) is 8.04. The first-order chi connectivity index (χ1) is 14.8. The second kappa shape index (κ2) is 10.6. The molecule has 1 saturated heterocycles. The van der Waals surface area contributed by atoms with Gasteiger partial charge in [-0.3, -0.25) is 4.79 Å². The van der Waals surface area contributed by atoms with E-state index in [1.165, 1.54) is 5.56 Å². The van der Waals surface area contributed by atoms with E-state index in [4.69, 9.17) is 14.2 Å². The number of piperidine rings is 1. The van der Waals surface area contributed by atoms with E-state index in [-0.39, 0.29) is 11.7 Å². The van der Waals surface area contributed by atoms with Gasteiger partial charge in [0.25, 0.3) is 0 Å². The fraction of sp³-hybridized carbons (Fsp3) is 0.480. The molecule has 0 N–H and O–H groups in total. The normalized spacial score (nSPS) is 17.1. The Morgan fingerprint density at radius 1 is 0.967 bits per heavy atom. The molecule has 5 heteroatoms. The van der Waals surface area contributed by atoms with Gasteiger partial charge in [0.15, 0.2) is 17.3 Å². The molecule has 30 heavy (non-hydrogen) atoms. The third kappa shape index (κ3) is 5.61. The van der Waals surface area contributed by atoms with Crippen LogP contribution in [-0.4, -0.2) is 56.7 Å². The summed E-state index contributed by atoms with van der Waals surface area (Å²) in [6.45, 7) is 5.67. The summed E-state index contributed by atoms with van der Waals surface area (Å²) in [6, 6.07) is 16.0. The number of benzene rings is 2. The van der Waals surface area contributed by atoms with Crippen LogP contribution in [-0.2, 0) is 11.2 Å². The van der Waals surface area contributed by atoms with Gasteiger partial charge in [-0.15, -0.1) is 0 Å². The third-order valence-electron chi connectivity index (χ3n) is 5.93. The van der Waals surface area contributed by atoms with Crippen LogP contribution in [0.4, 0.5) is 0 Å². The van der Waals surface area contributed by atoms with Gasteiger partial charge in [-0.05, 0) is 62.5 Å². The van der Waals surface area contributed by atoms with Crippen molar-refractivity contribution in [2.45, 2.75) is 25.7 Å². The Labute approximate surface area is 178 Å². The van der Waals surface area contributed by atoms with Crippen LogP contribution in [0.15, 0.2) is 48.5 Å². The quantitative estimate of drug-likeness (QED) is 0.463. The van der Waals surface area contributed by atoms with Crippen LogP contribution in [0.2, 0.25) is 0 Å². The second-order valence-corrected chi connectivity index (χ2v) is 8.04. The Hall–Kier alpha value is -2.37. The molecule has 5 nitrogen and oxygen atoms in total. The van der Waals surface area contributed by atoms with Crippen molar-refractivity contribution in [1.82, 2.24) is 4.90 Å². The molecule has 0 atom stereocenters. The Bertz CT molecular complexity index is 815. The highest BCUT2D eigenvalue weighted by atomic mass is 16.6. The van der Waals surface area contributed by atoms with Crippen molar-refractivity contribution in [3.05, 3.63) is 59.7 Å². The molecule has 0 bridgehead atoms. The number of hydrogen-bond acceptors (Lipinski definition) is 5. The minimum Gasteiger partial charge on any atom is -0.486 e. The minimum atomic E-state index is 0.103. The van der Waals surface area contributed by atoms with Gasteiger partial charge < -0.3 is 19.1 Å². The average Bonchev–Trinajstić information content (AvgIpc) is 2.81. The topological polar surface area (TPSA) is 48.0 Å². The largest absolute Gasteiger partial charge is 0.486 e. The van der Waals surface area contributed by atoms with Gasteiger partial charge >= 0.3 is 0 Å². The molecule has 0 saturated carbocycles. The summed E-state index contributed by atoms with van der Waals surface area (Å²) in [5.41, 5.74) is 2.06. The Morgan fingerprint density at radius 3 is 2.53 bits per heavy atom. The summed E-state index contributed by atoms with van der Waals surface area (Å²) in [5.74, 6) is 1.76. The third-order valence-corrected chi connectivity index (χ3v) is 5.93. The van der Waals surface area contributed by atoms with Crippen molar-refractivity contribution >= 4 is 5.78 Å². The van der Waals surface area contributed by atoms with Crippen LogP contribution < -0.4 is 9.47 Å². The molecule has 4 rings (SSSR count). The first-order valence-electron chi connectivity index (χ1n) is 11.1. The summed E-state index contributed by atoms with van der Waals surface area (Å²) in [4.78, 5) is 15.4. The maximum atomic E-state index is 12.9. The van der Waals surface area contributed by atoms with E-state index in [0.29, 0.717) is 19.0 Å². The first-order valence-corrected chi connectivity index (χ1v) is 11.1. The molecule has 2 aliphatic rings. The van der Waals surface area contributed by atoms with E-state index in [1.54, 1.807) is 0 Å². The number of Topliss-reactive ketones (excluding diaryl/α,β-unsaturated/α-hetero) is 1. The van der Waals surface area contributed by atoms with Gasteiger partial charge in [-0.1, -0.05) is 30.3 Å². The van der Waals surface area contributed by atoms with E-state index in [9.17, 15) is 4.79 Å². The first kappa shape index (κ1) is 20.9. The van der Waals surface area contributed by atoms with Crippen molar-refractivity contribution in [3.8, 4) is 11.5 Å². The molecule has 2 aromatic rings. The summed E-state index contributed by atoms with van der Waals surface area (Å²) in [5, 5.41) is 0. The van der Waals surface area contributed by atoms with E-state index in [2.05, 4.69) is 29.2 Å². The Morgan fingerprint density at radius 2 is 1.73 bits per heavy atom. The molecule has 2 heterocycles. The standard InChI is InChI=1S/C25H31NO4/c27-25(22-7-8-23-24(19-22)30-18-17-29-23)21-9-13-26(14-10-21)12-4-15-28-16-11-20-5-2-1-3-6-20/h1-3,5-8,19,21H,4,9-18H2. The monoisotopic (exact) mass is 409 g/mol. The van der Waals surface area contributed by atoms with E-state index in [1.807, 2.05) is 24.3 Å². The average molecular weight is 410 g/mol. The number of likely N-dealkylation sites (tertiary alicyclic amines) is 1. The van der Waals surface area contributed by atoms with E-state index >= 15 is 0 Å². The molecule has 2 aromatic carbocycles. The highest BCUT2D eigenvalue weighted by molar-refractivity contribution is 5.98. The predicted molar refractivity (Wildman–Crippen MR) is 117 cm³/mol. The maximum Gasteiger partial charge on any atom is 0.166 e. The molecule has 0 spiro atoms. The molecule has 0 radical (unpaired) electrons. The van der Waals surface area contributed by atoms with Crippen molar-refractivity contribution in [3.63, 3.8) is 0 Å². The molecule has 0 aliphatic carbocycles. The molecule has 160 valence electrons. The number of ether oxygens (including phenoxy) is 3. The van der Waals surface area contributed by atoms with Crippen molar-refractivity contribution in [1.29, 1.82) is 0 Å². The SMILES string of the molecule is O=C(c1ccc2c(c1)OCCO2)C1CCN(CCCOCCc2ccccc2)CC1. The fourth-order valence-electron chi connectivity index (χ4n) is 4.18. The summed E-state index contributed by atoms with van der Waals surface area (Å²) in [7, 11) is 0. The lowest BCUT2D eigenvalue weighted by Gasteiger charge is -2.31. The fourth-order valence-corrected chi connectivity index (χ4v) is 4.18. The van der Waals surface area contributed by atoms with E-state index in [0.717, 1.165) is 69.8 Å². The number of carbonyl (C=O) groups is 1. The summed E-state index contributed by atoms with van der Waals surface area (Å²) in [6.07, 6.45) is 3.84. The van der Waals surface area contributed by atoms with Crippen LogP contribution in [0.1, 0.15) is 35.2 Å². The number of rotatable bonds is 9. The van der Waals surface area contributed by atoms with Crippen molar-refractivity contribution in [2.24, 2.45) is 5.92 Å². The molecule has 0 unspecified atom stereocenters. The highest BCUT2D eigenvalue weighted by Crippen LogP contribution is 2.32. The zero-order valence-electron chi connectivity index (χ0n) is 17.6. The van der Waals surface area contributed by atoms with Gasteiger partial charge in [0.05, 0.1) is 6.61 Å². The van der Waals surface area contributed by atoms with Gasteiger partial charge in [0.2, 0.25) is 0 Å². The molecular weight excluding hydrogens is 378 g/mol. The lowest BCUT2D eigenvalue weighted by atomic mass is 9.88. The van der Waals surface area contributed by atoms with Crippen LogP contribution in [0.3, 0.4) is 0 Å². The van der Waals surface area contributed by atoms with Gasteiger partial charge in [0, 0.05) is 24.6 Å². The summed E-state index contributed by atoms with van der Waals surface area (Å²) < 4.78 is 17.0. The Balaban J connectivity index is 1.13. The Kier molecular flexibility index (Phi) is 7.38. The van der Waals surface area contributed by atoms with Gasteiger partial charge in [0.1, 0.15) is 13.2 Å². The summed E-state index contributed by atoms with van der Waals surface area (Å²) >= 11 is 0. The lowest BCUT2D eigenvalue weighted by molar-refractivity contribution is 0.0815. The van der Waals surface area contributed by atoms with Gasteiger partial charge in [-0.25, -0.2) is 0 Å². The van der Waals surface area contributed by atoms with Crippen LogP contribution >= 0.6 is 0 Å². The zero-order valence-corrected chi connectivity index (χ0v) is 17.6. The maximum absolute atomic E-state index is 12.9. The smallest absolute Gasteiger partial charge is 0.166 e. The van der Waals surface area contributed by atoms with Crippen LogP contribution in [0, 0.1) is 5.92 Å².